The van der Waals surface area contributed by atoms with E-state index in [1.165, 1.54) is 83.5 Å². The van der Waals surface area contributed by atoms with Gasteiger partial charge < -0.3 is 4.90 Å². The molecular weight excluding hydrogens is 579 g/mol. The fourth-order valence-corrected chi connectivity index (χ4v) is 8.19. The average molecular weight is 618 g/mol. The van der Waals surface area contributed by atoms with Crippen LogP contribution < -0.4 is 4.90 Å². The lowest BCUT2D eigenvalue weighted by atomic mass is 9.81. The first-order valence-electron chi connectivity index (χ1n) is 17.4. The zero-order valence-electron chi connectivity index (χ0n) is 27.7. The maximum absolute atomic E-state index is 2.61. The van der Waals surface area contributed by atoms with Gasteiger partial charge in [0.1, 0.15) is 0 Å². The van der Waals surface area contributed by atoms with E-state index in [0.717, 1.165) is 25.7 Å². The maximum atomic E-state index is 2.61. The molecule has 232 valence electrons. The van der Waals surface area contributed by atoms with Crippen LogP contribution in [0.4, 0.5) is 17.1 Å². The Balaban J connectivity index is 1.36. The minimum absolute atomic E-state index is 0.117. The van der Waals surface area contributed by atoms with Crippen molar-refractivity contribution in [3.05, 3.63) is 185 Å². The Labute approximate surface area is 284 Å². The van der Waals surface area contributed by atoms with Crippen LogP contribution in [0.5, 0.6) is 0 Å². The van der Waals surface area contributed by atoms with Crippen molar-refractivity contribution in [3.8, 4) is 22.3 Å². The minimum Gasteiger partial charge on any atom is -0.309 e. The molecule has 5 aliphatic carbocycles. The molecule has 4 bridgehead atoms. The quantitative estimate of drug-likeness (QED) is 0.190. The number of rotatable bonds is 4. The van der Waals surface area contributed by atoms with Crippen LogP contribution in [0.1, 0.15) is 47.2 Å². The number of hydrogen-bond donors (Lipinski definition) is 0. The van der Waals surface area contributed by atoms with E-state index < -0.39 is 0 Å². The average Bonchev–Trinajstić information content (AvgIpc) is 3.35. The van der Waals surface area contributed by atoms with E-state index in [2.05, 4.69) is 170 Å². The number of anilines is 3. The molecule has 1 heteroatoms. The number of nitrogens with zero attached hydrogens (tertiary/aromatic N) is 1. The van der Waals surface area contributed by atoms with Gasteiger partial charge in [-0.15, -0.1) is 0 Å². The number of fused-ring (bicyclic) bond motifs is 4. The highest BCUT2D eigenvalue weighted by Gasteiger charge is 2.37. The van der Waals surface area contributed by atoms with Crippen LogP contribution >= 0.6 is 0 Å². The highest BCUT2D eigenvalue weighted by molar-refractivity contribution is 6.02. The summed E-state index contributed by atoms with van der Waals surface area (Å²) >= 11 is 0. The first kappa shape index (κ1) is 28.8. The third kappa shape index (κ3) is 4.76. The summed E-state index contributed by atoms with van der Waals surface area (Å²) in [7, 11) is 0. The van der Waals surface area contributed by atoms with Gasteiger partial charge in [0.2, 0.25) is 0 Å². The topological polar surface area (TPSA) is 3.24 Å². The highest BCUT2D eigenvalue weighted by Crippen LogP contribution is 2.54. The van der Waals surface area contributed by atoms with Crippen LogP contribution in [-0.2, 0) is 31.1 Å². The second-order valence-electron chi connectivity index (χ2n) is 14.1. The molecule has 0 fully saturated rings. The molecule has 0 atom stereocenters. The Morgan fingerprint density at radius 1 is 0.438 bits per heavy atom. The first-order chi connectivity index (χ1) is 23.5. The molecule has 0 saturated heterocycles. The van der Waals surface area contributed by atoms with Crippen molar-refractivity contribution in [2.75, 3.05) is 4.90 Å². The fourth-order valence-electron chi connectivity index (χ4n) is 8.19. The molecule has 0 radical (unpaired) electrons. The van der Waals surface area contributed by atoms with E-state index >= 15 is 0 Å². The molecule has 0 amide bonds. The summed E-state index contributed by atoms with van der Waals surface area (Å²) in [5.74, 6) is 0. The van der Waals surface area contributed by atoms with Gasteiger partial charge in [0.25, 0.3) is 0 Å². The van der Waals surface area contributed by atoms with Crippen molar-refractivity contribution < 1.29 is 0 Å². The van der Waals surface area contributed by atoms with E-state index in [9.17, 15) is 0 Å². The van der Waals surface area contributed by atoms with E-state index in [1.807, 2.05) is 0 Å². The summed E-state index contributed by atoms with van der Waals surface area (Å²) in [6.45, 7) is 4.78. The monoisotopic (exact) mass is 617 g/mol. The SMILES string of the molecule is CC1(C)c2ccccc2-c2cc(-c3ccccc3)c(N(c3cc4ccc3CCc3ccc(cc3)CC4)c3cccc4ccccc34)cc21. The van der Waals surface area contributed by atoms with E-state index in [-0.39, 0.29) is 5.41 Å². The Bertz CT molecular complexity index is 2300. The third-order valence-corrected chi connectivity index (χ3v) is 10.8. The first-order valence-corrected chi connectivity index (χ1v) is 17.4. The Hall–Kier alpha value is -5.40. The molecule has 0 saturated carbocycles. The van der Waals surface area contributed by atoms with Crippen LogP contribution in [0.2, 0.25) is 0 Å². The van der Waals surface area contributed by atoms with E-state index in [4.69, 9.17) is 0 Å². The molecule has 7 aromatic carbocycles. The molecule has 48 heavy (non-hydrogen) atoms. The van der Waals surface area contributed by atoms with Crippen molar-refractivity contribution in [1.29, 1.82) is 0 Å². The van der Waals surface area contributed by atoms with Crippen molar-refractivity contribution in [2.45, 2.75) is 44.9 Å². The van der Waals surface area contributed by atoms with Crippen LogP contribution in [0.25, 0.3) is 33.0 Å². The van der Waals surface area contributed by atoms with Crippen LogP contribution in [0.15, 0.2) is 152 Å². The maximum Gasteiger partial charge on any atom is 0.0543 e. The largest absolute Gasteiger partial charge is 0.309 e. The zero-order valence-corrected chi connectivity index (χ0v) is 27.7. The van der Waals surface area contributed by atoms with Gasteiger partial charge in [-0.1, -0.05) is 141 Å². The van der Waals surface area contributed by atoms with Gasteiger partial charge in [0.05, 0.1) is 11.4 Å². The van der Waals surface area contributed by atoms with Gasteiger partial charge in [0, 0.05) is 22.1 Å². The highest BCUT2D eigenvalue weighted by atomic mass is 15.1. The predicted octanol–water partition coefficient (Wildman–Crippen LogP) is 12.2. The molecule has 12 rings (SSSR count). The van der Waals surface area contributed by atoms with Gasteiger partial charge in [-0.2, -0.15) is 0 Å². The zero-order chi connectivity index (χ0) is 32.2. The fraction of sp³-hybridized carbons (Fsp3) is 0.149. The van der Waals surface area contributed by atoms with E-state index in [1.54, 1.807) is 0 Å². The lowest BCUT2D eigenvalue weighted by Gasteiger charge is -2.33. The van der Waals surface area contributed by atoms with Gasteiger partial charge in [0.15, 0.2) is 0 Å². The summed E-state index contributed by atoms with van der Waals surface area (Å²) in [4.78, 5) is 2.61. The van der Waals surface area contributed by atoms with Crippen molar-refractivity contribution >= 4 is 27.8 Å². The molecule has 0 heterocycles. The summed E-state index contributed by atoms with van der Waals surface area (Å²) in [5, 5.41) is 2.51. The molecular formula is C47H39N. The van der Waals surface area contributed by atoms with Gasteiger partial charge in [-0.25, -0.2) is 0 Å². The summed E-state index contributed by atoms with van der Waals surface area (Å²) < 4.78 is 0. The minimum atomic E-state index is -0.117. The Morgan fingerprint density at radius 2 is 1.10 bits per heavy atom. The Kier molecular flexibility index (Phi) is 6.83. The molecule has 7 aromatic rings. The second kappa shape index (κ2) is 11.4. The number of hydrogen-bond acceptors (Lipinski definition) is 1. The summed E-state index contributed by atoms with van der Waals surface area (Å²) in [6.07, 6.45) is 4.02. The molecule has 0 spiro atoms. The molecule has 5 aliphatic rings. The molecule has 0 N–H and O–H groups in total. The van der Waals surface area contributed by atoms with E-state index in [0.29, 0.717) is 0 Å². The molecule has 0 unspecified atom stereocenters. The lowest BCUT2D eigenvalue weighted by molar-refractivity contribution is 0.660. The van der Waals surface area contributed by atoms with Crippen molar-refractivity contribution in [1.82, 2.24) is 0 Å². The number of aryl methyl sites for hydroxylation is 4. The van der Waals surface area contributed by atoms with Gasteiger partial charge in [-0.05, 0) is 105 Å². The molecule has 0 aromatic heterocycles. The molecule has 1 nitrogen and oxygen atoms in total. The van der Waals surface area contributed by atoms with Crippen LogP contribution in [-0.4, -0.2) is 0 Å². The standard InChI is InChI=1S/C47H39N/c1-47(2)42-17-9-8-16-39(42)41-30-40(36-11-4-3-5-12-36)46(31-43(41)47)48(44-18-10-14-35-13-6-7-15-38(35)44)45-29-34-24-23-32-19-21-33(22-20-32)25-27-37(45)28-26-34/h3-22,26,28-31H,23-25,27H2,1-2H3. The van der Waals surface area contributed by atoms with Crippen molar-refractivity contribution in [3.63, 3.8) is 0 Å². The summed E-state index contributed by atoms with van der Waals surface area (Å²) in [5.41, 5.74) is 17.1. The molecule has 0 aliphatic heterocycles. The normalized spacial score (nSPS) is 14.3. The number of benzene rings is 7. The second-order valence-corrected chi connectivity index (χ2v) is 14.1. The summed E-state index contributed by atoms with van der Waals surface area (Å²) in [6, 6.07) is 57.2. The Morgan fingerprint density at radius 3 is 1.94 bits per heavy atom. The van der Waals surface area contributed by atoms with Crippen LogP contribution in [0.3, 0.4) is 0 Å². The van der Waals surface area contributed by atoms with Gasteiger partial charge in [-0.3, -0.25) is 0 Å². The third-order valence-electron chi connectivity index (χ3n) is 10.8. The predicted molar refractivity (Wildman–Crippen MR) is 203 cm³/mol. The van der Waals surface area contributed by atoms with Crippen LogP contribution in [0, 0.1) is 0 Å². The van der Waals surface area contributed by atoms with Crippen molar-refractivity contribution in [2.24, 2.45) is 0 Å². The lowest BCUT2D eigenvalue weighted by Crippen LogP contribution is -2.18. The van der Waals surface area contributed by atoms with Gasteiger partial charge >= 0.3 is 0 Å². The smallest absolute Gasteiger partial charge is 0.0543 e.